The molecule has 1 heterocycles. The summed E-state index contributed by atoms with van der Waals surface area (Å²) < 4.78 is 6.98. The molecule has 0 radical (unpaired) electrons. The number of aromatic nitrogens is 3. The van der Waals surface area contributed by atoms with Crippen LogP contribution in [0.1, 0.15) is 43.6 Å². The third-order valence-corrected chi connectivity index (χ3v) is 3.69. The average molecular weight is 253 g/mol. The summed E-state index contributed by atoms with van der Waals surface area (Å²) in [6, 6.07) is 0.263. The standard InChI is InChI=1S/C12H19N3O3/c1-8(9-4-3-5-9)15-11(7-18-2)10(13-14-15)6-12(16)17/h8-9H,3-7H2,1-2H3,(H,16,17). The molecule has 0 aromatic carbocycles. The number of carbonyl (C=O) groups is 1. The van der Waals surface area contributed by atoms with Gasteiger partial charge in [-0.3, -0.25) is 4.79 Å². The molecule has 2 rings (SSSR count). The Balaban J connectivity index is 2.22. The number of nitrogens with zero attached hydrogens (tertiary/aromatic N) is 3. The van der Waals surface area contributed by atoms with Crippen molar-refractivity contribution in [2.45, 2.75) is 45.3 Å². The van der Waals surface area contributed by atoms with E-state index in [9.17, 15) is 4.79 Å². The molecule has 1 aliphatic rings. The monoisotopic (exact) mass is 253 g/mol. The molecular formula is C12H19N3O3. The first kappa shape index (κ1) is 13.0. The molecule has 1 saturated carbocycles. The van der Waals surface area contributed by atoms with Gasteiger partial charge in [0.1, 0.15) is 0 Å². The van der Waals surface area contributed by atoms with Crippen molar-refractivity contribution in [2.24, 2.45) is 5.92 Å². The van der Waals surface area contributed by atoms with Crippen LogP contribution in [-0.2, 0) is 22.6 Å². The Morgan fingerprint density at radius 2 is 2.33 bits per heavy atom. The molecule has 1 aromatic heterocycles. The van der Waals surface area contributed by atoms with Crippen molar-refractivity contribution in [3.63, 3.8) is 0 Å². The molecule has 1 atom stereocenters. The lowest BCUT2D eigenvalue weighted by Gasteiger charge is -2.32. The molecule has 100 valence electrons. The largest absolute Gasteiger partial charge is 0.481 e. The van der Waals surface area contributed by atoms with Gasteiger partial charge in [0.15, 0.2) is 0 Å². The Kier molecular flexibility index (Phi) is 3.96. The first-order valence-corrected chi connectivity index (χ1v) is 6.27. The van der Waals surface area contributed by atoms with Crippen LogP contribution in [0.3, 0.4) is 0 Å². The predicted molar refractivity (Wildman–Crippen MR) is 64.1 cm³/mol. The van der Waals surface area contributed by atoms with E-state index in [0.29, 0.717) is 18.2 Å². The summed E-state index contributed by atoms with van der Waals surface area (Å²) in [5.74, 6) is -0.268. The number of hydrogen-bond donors (Lipinski definition) is 1. The van der Waals surface area contributed by atoms with Crippen molar-refractivity contribution in [2.75, 3.05) is 7.11 Å². The van der Waals surface area contributed by atoms with Crippen LogP contribution in [0, 0.1) is 5.92 Å². The molecule has 0 spiro atoms. The van der Waals surface area contributed by atoms with Crippen molar-refractivity contribution < 1.29 is 14.6 Å². The van der Waals surface area contributed by atoms with E-state index in [2.05, 4.69) is 17.2 Å². The van der Waals surface area contributed by atoms with Crippen molar-refractivity contribution in [3.8, 4) is 0 Å². The van der Waals surface area contributed by atoms with Gasteiger partial charge in [-0.15, -0.1) is 5.10 Å². The molecule has 0 saturated heterocycles. The van der Waals surface area contributed by atoms with Crippen LogP contribution in [0.25, 0.3) is 0 Å². The third-order valence-electron chi connectivity index (χ3n) is 3.69. The van der Waals surface area contributed by atoms with Gasteiger partial charge in [0.05, 0.1) is 30.5 Å². The first-order chi connectivity index (χ1) is 8.63. The summed E-state index contributed by atoms with van der Waals surface area (Å²) in [4.78, 5) is 10.8. The van der Waals surface area contributed by atoms with E-state index in [-0.39, 0.29) is 12.5 Å². The number of methoxy groups -OCH3 is 1. The maximum Gasteiger partial charge on any atom is 0.309 e. The van der Waals surface area contributed by atoms with E-state index < -0.39 is 5.97 Å². The molecule has 0 amide bonds. The third kappa shape index (κ3) is 2.53. The quantitative estimate of drug-likeness (QED) is 0.829. The van der Waals surface area contributed by atoms with Crippen LogP contribution in [0.15, 0.2) is 0 Å². The zero-order valence-electron chi connectivity index (χ0n) is 10.8. The fourth-order valence-electron chi connectivity index (χ4n) is 2.36. The summed E-state index contributed by atoms with van der Waals surface area (Å²) in [5, 5.41) is 17.0. The minimum atomic E-state index is -0.893. The molecule has 18 heavy (non-hydrogen) atoms. The Morgan fingerprint density at radius 3 is 2.83 bits per heavy atom. The minimum absolute atomic E-state index is 0.101. The molecule has 1 aromatic rings. The van der Waals surface area contributed by atoms with Crippen LogP contribution >= 0.6 is 0 Å². The van der Waals surface area contributed by atoms with Gasteiger partial charge in [0, 0.05) is 7.11 Å². The first-order valence-electron chi connectivity index (χ1n) is 6.27. The zero-order valence-corrected chi connectivity index (χ0v) is 10.8. The highest BCUT2D eigenvalue weighted by Crippen LogP contribution is 2.36. The van der Waals surface area contributed by atoms with Crippen LogP contribution in [0.4, 0.5) is 0 Å². The van der Waals surface area contributed by atoms with Gasteiger partial charge >= 0.3 is 5.97 Å². The zero-order chi connectivity index (χ0) is 13.1. The second kappa shape index (κ2) is 5.48. The van der Waals surface area contributed by atoms with Crippen molar-refractivity contribution >= 4 is 5.97 Å². The van der Waals surface area contributed by atoms with Crippen molar-refractivity contribution in [3.05, 3.63) is 11.4 Å². The summed E-state index contributed by atoms with van der Waals surface area (Å²) in [5.41, 5.74) is 1.30. The van der Waals surface area contributed by atoms with Crippen LogP contribution in [-0.4, -0.2) is 33.2 Å². The highest BCUT2D eigenvalue weighted by Gasteiger charge is 2.28. The molecule has 1 N–H and O–H groups in total. The van der Waals surface area contributed by atoms with Crippen LogP contribution < -0.4 is 0 Å². The predicted octanol–water partition coefficient (Wildman–Crippen LogP) is 1.41. The van der Waals surface area contributed by atoms with E-state index in [0.717, 1.165) is 5.69 Å². The van der Waals surface area contributed by atoms with E-state index in [4.69, 9.17) is 9.84 Å². The molecule has 1 unspecified atom stereocenters. The maximum absolute atomic E-state index is 10.8. The van der Waals surface area contributed by atoms with Crippen LogP contribution in [0.2, 0.25) is 0 Å². The fourth-order valence-corrected chi connectivity index (χ4v) is 2.36. The summed E-state index contributed by atoms with van der Waals surface area (Å²) in [6.45, 7) is 2.47. The number of rotatable bonds is 6. The smallest absolute Gasteiger partial charge is 0.309 e. The molecule has 0 bridgehead atoms. The summed E-state index contributed by atoms with van der Waals surface area (Å²) in [7, 11) is 1.59. The number of carboxylic acid groups (broad SMARTS) is 1. The normalized spacial score (nSPS) is 17.4. The highest BCUT2D eigenvalue weighted by atomic mass is 16.5. The lowest BCUT2D eigenvalue weighted by atomic mass is 9.80. The van der Waals surface area contributed by atoms with E-state index >= 15 is 0 Å². The molecule has 0 aliphatic heterocycles. The Bertz CT molecular complexity index is 426. The topological polar surface area (TPSA) is 77.2 Å². The SMILES string of the molecule is COCc1c(CC(=O)O)nnn1C(C)C1CCC1. The van der Waals surface area contributed by atoms with Gasteiger partial charge in [-0.2, -0.15) is 0 Å². The van der Waals surface area contributed by atoms with E-state index in [1.807, 2.05) is 4.68 Å². The molecular weight excluding hydrogens is 234 g/mol. The number of ether oxygens (including phenoxy) is 1. The van der Waals surface area contributed by atoms with E-state index in [1.165, 1.54) is 19.3 Å². The molecule has 6 heteroatoms. The van der Waals surface area contributed by atoms with Gasteiger partial charge in [-0.05, 0) is 25.7 Å². The van der Waals surface area contributed by atoms with Crippen molar-refractivity contribution in [1.82, 2.24) is 15.0 Å². The number of aliphatic carboxylic acids is 1. The Morgan fingerprint density at radius 1 is 1.61 bits per heavy atom. The van der Waals surface area contributed by atoms with Crippen molar-refractivity contribution in [1.29, 1.82) is 0 Å². The van der Waals surface area contributed by atoms with Gasteiger partial charge in [0.25, 0.3) is 0 Å². The number of hydrogen-bond acceptors (Lipinski definition) is 4. The Hall–Kier alpha value is -1.43. The summed E-state index contributed by atoms with van der Waals surface area (Å²) >= 11 is 0. The van der Waals surface area contributed by atoms with Gasteiger partial charge in [-0.1, -0.05) is 11.6 Å². The number of carboxylic acids is 1. The maximum atomic E-state index is 10.8. The summed E-state index contributed by atoms with van der Waals surface area (Å²) in [6.07, 6.45) is 3.59. The molecule has 1 aliphatic carbocycles. The lowest BCUT2D eigenvalue weighted by molar-refractivity contribution is -0.136. The average Bonchev–Trinajstić information content (AvgIpc) is 2.59. The van der Waals surface area contributed by atoms with Crippen LogP contribution in [0.5, 0.6) is 0 Å². The Labute approximate surface area is 106 Å². The van der Waals surface area contributed by atoms with Gasteiger partial charge in [-0.25, -0.2) is 4.68 Å². The minimum Gasteiger partial charge on any atom is -0.481 e. The second-order valence-corrected chi connectivity index (χ2v) is 4.86. The lowest BCUT2D eigenvalue weighted by Crippen LogP contribution is -2.25. The fraction of sp³-hybridized carbons (Fsp3) is 0.750. The highest BCUT2D eigenvalue weighted by molar-refractivity contribution is 5.69. The second-order valence-electron chi connectivity index (χ2n) is 4.86. The van der Waals surface area contributed by atoms with Gasteiger partial charge in [0.2, 0.25) is 0 Å². The molecule has 6 nitrogen and oxygen atoms in total. The molecule has 1 fully saturated rings. The van der Waals surface area contributed by atoms with Gasteiger partial charge < -0.3 is 9.84 Å². The van der Waals surface area contributed by atoms with E-state index in [1.54, 1.807) is 7.11 Å².